The minimum atomic E-state index is 0.613. The van der Waals surface area contributed by atoms with Gasteiger partial charge in [0.25, 0.3) is 0 Å². The van der Waals surface area contributed by atoms with Crippen LogP contribution in [-0.4, -0.2) is 12.6 Å². The summed E-state index contributed by atoms with van der Waals surface area (Å²) in [6, 6.07) is 0.625. The van der Waals surface area contributed by atoms with Crippen molar-refractivity contribution in [2.45, 2.75) is 60.4 Å². The summed E-state index contributed by atoms with van der Waals surface area (Å²) in [7, 11) is 0. The van der Waals surface area contributed by atoms with Crippen molar-refractivity contribution in [2.75, 3.05) is 6.54 Å². The first-order chi connectivity index (χ1) is 6.91. The van der Waals surface area contributed by atoms with E-state index < -0.39 is 0 Å². The molecule has 1 aliphatic rings. The van der Waals surface area contributed by atoms with Gasteiger partial charge in [-0.1, -0.05) is 41.5 Å². The van der Waals surface area contributed by atoms with Crippen LogP contribution in [0.25, 0.3) is 0 Å². The van der Waals surface area contributed by atoms with Gasteiger partial charge in [0.1, 0.15) is 0 Å². The van der Waals surface area contributed by atoms with Crippen molar-refractivity contribution in [3.8, 4) is 0 Å². The van der Waals surface area contributed by atoms with E-state index in [0.29, 0.717) is 11.5 Å². The summed E-state index contributed by atoms with van der Waals surface area (Å²) in [6.45, 7) is 15.3. The standard InChI is InChI=1S/C14H29N/c1-10(2)14(7-8-15-11(3)4)12(5)9-13(14)6/h10-13,15H,7-9H2,1-6H3. The zero-order valence-corrected chi connectivity index (χ0v) is 11.4. The third-order valence-corrected chi connectivity index (χ3v) is 4.73. The highest BCUT2D eigenvalue weighted by molar-refractivity contribution is 5.00. The molecule has 90 valence electrons. The number of hydrogen-bond donors (Lipinski definition) is 1. The van der Waals surface area contributed by atoms with E-state index in [-0.39, 0.29) is 0 Å². The van der Waals surface area contributed by atoms with Gasteiger partial charge in [-0.25, -0.2) is 0 Å². The van der Waals surface area contributed by atoms with E-state index in [1.54, 1.807) is 0 Å². The molecule has 1 rings (SSSR count). The summed E-state index contributed by atoms with van der Waals surface area (Å²) in [5.74, 6) is 2.66. The highest BCUT2D eigenvalue weighted by Crippen LogP contribution is 2.58. The fraction of sp³-hybridized carbons (Fsp3) is 1.00. The molecule has 0 aliphatic heterocycles. The third-order valence-electron chi connectivity index (χ3n) is 4.73. The van der Waals surface area contributed by atoms with Gasteiger partial charge in [0.05, 0.1) is 0 Å². The zero-order chi connectivity index (χ0) is 11.6. The molecule has 1 heteroatoms. The lowest BCUT2D eigenvalue weighted by Crippen LogP contribution is -2.51. The highest BCUT2D eigenvalue weighted by Gasteiger charge is 2.51. The molecule has 0 bridgehead atoms. The van der Waals surface area contributed by atoms with Crippen LogP contribution in [0, 0.1) is 23.2 Å². The van der Waals surface area contributed by atoms with Crippen molar-refractivity contribution in [3.63, 3.8) is 0 Å². The lowest BCUT2D eigenvalue weighted by Gasteiger charge is -2.57. The molecule has 1 N–H and O–H groups in total. The Morgan fingerprint density at radius 1 is 1.13 bits per heavy atom. The Balaban J connectivity index is 2.52. The van der Waals surface area contributed by atoms with Crippen LogP contribution in [-0.2, 0) is 0 Å². The van der Waals surface area contributed by atoms with Crippen LogP contribution in [0.3, 0.4) is 0 Å². The van der Waals surface area contributed by atoms with E-state index in [4.69, 9.17) is 0 Å². The molecule has 1 aliphatic carbocycles. The maximum absolute atomic E-state index is 3.57. The molecule has 1 nitrogen and oxygen atoms in total. The van der Waals surface area contributed by atoms with Gasteiger partial charge < -0.3 is 5.32 Å². The first-order valence-electron chi connectivity index (χ1n) is 6.64. The first kappa shape index (κ1) is 13.0. The fourth-order valence-electron chi connectivity index (χ4n) is 3.79. The summed E-state index contributed by atoms with van der Waals surface area (Å²) >= 11 is 0. The SMILES string of the molecule is CC(C)NCCC1(C(C)C)C(C)CC1C. The predicted octanol–water partition coefficient (Wildman–Crippen LogP) is 3.69. The summed E-state index contributed by atoms with van der Waals surface area (Å²) in [5.41, 5.74) is 0.613. The molecule has 0 saturated heterocycles. The quantitative estimate of drug-likeness (QED) is 0.731. The van der Waals surface area contributed by atoms with Crippen LogP contribution in [0.2, 0.25) is 0 Å². The van der Waals surface area contributed by atoms with E-state index in [1.165, 1.54) is 19.4 Å². The maximum atomic E-state index is 3.57. The van der Waals surface area contributed by atoms with Crippen molar-refractivity contribution in [1.82, 2.24) is 5.32 Å². The molecule has 2 unspecified atom stereocenters. The Bertz CT molecular complexity index is 178. The van der Waals surface area contributed by atoms with Crippen molar-refractivity contribution in [2.24, 2.45) is 23.2 Å². The topological polar surface area (TPSA) is 12.0 Å². The second-order valence-electron chi connectivity index (χ2n) is 6.16. The Morgan fingerprint density at radius 3 is 2.00 bits per heavy atom. The average molecular weight is 211 g/mol. The minimum absolute atomic E-state index is 0.613. The monoisotopic (exact) mass is 211 g/mol. The van der Waals surface area contributed by atoms with E-state index in [2.05, 4.69) is 46.9 Å². The Labute approximate surface area is 96.0 Å². The molecule has 15 heavy (non-hydrogen) atoms. The van der Waals surface area contributed by atoms with Gasteiger partial charge in [0.15, 0.2) is 0 Å². The van der Waals surface area contributed by atoms with E-state index in [1.807, 2.05) is 0 Å². The molecular formula is C14H29N. The maximum Gasteiger partial charge on any atom is 0.00103 e. The largest absolute Gasteiger partial charge is 0.315 e. The molecule has 1 saturated carbocycles. The van der Waals surface area contributed by atoms with Gasteiger partial charge in [-0.05, 0) is 42.6 Å². The van der Waals surface area contributed by atoms with Gasteiger partial charge in [0, 0.05) is 6.04 Å². The Hall–Kier alpha value is -0.0400. The van der Waals surface area contributed by atoms with Crippen LogP contribution in [0.1, 0.15) is 54.4 Å². The van der Waals surface area contributed by atoms with Gasteiger partial charge in [-0.2, -0.15) is 0 Å². The summed E-state index contributed by atoms with van der Waals surface area (Å²) in [5, 5.41) is 3.57. The molecule has 0 amide bonds. The average Bonchev–Trinajstić information content (AvgIpc) is 2.11. The van der Waals surface area contributed by atoms with Crippen LogP contribution in [0.15, 0.2) is 0 Å². The molecule has 0 heterocycles. The van der Waals surface area contributed by atoms with Gasteiger partial charge in [-0.15, -0.1) is 0 Å². The Morgan fingerprint density at radius 2 is 1.67 bits per heavy atom. The lowest BCUT2D eigenvalue weighted by molar-refractivity contribution is -0.0811. The molecule has 0 aromatic carbocycles. The smallest absolute Gasteiger partial charge is 0.00103 e. The molecule has 0 spiro atoms. The highest BCUT2D eigenvalue weighted by atomic mass is 14.9. The van der Waals surface area contributed by atoms with Crippen LogP contribution in [0.5, 0.6) is 0 Å². The minimum Gasteiger partial charge on any atom is -0.315 e. The first-order valence-corrected chi connectivity index (χ1v) is 6.64. The van der Waals surface area contributed by atoms with E-state index in [9.17, 15) is 0 Å². The number of nitrogens with one attached hydrogen (secondary N) is 1. The molecular weight excluding hydrogens is 182 g/mol. The van der Waals surface area contributed by atoms with E-state index >= 15 is 0 Å². The molecule has 1 fully saturated rings. The van der Waals surface area contributed by atoms with Gasteiger partial charge in [0.2, 0.25) is 0 Å². The van der Waals surface area contributed by atoms with Crippen LogP contribution in [0.4, 0.5) is 0 Å². The van der Waals surface area contributed by atoms with Crippen LogP contribution < -0.4 is 5.32 Å². The lowest BCUT2D eigenvalue weighted by atomic mass is 9.48. The number of hydrogen-bond acceptors (Lipinski definition) is 1. The fourth-order valence-corrected chi connectivity index (χ4v) is 3.79. The van der Waals surface area contributed by atoms with Gasteiger partial charge >= 0.3 is 0 Å². The zero-order valence-electron chi connectivity index (χ0n) is 11.4. The Kier molecular flexibility index (Phi) is 4.22. The van der Waals surface area contributed by atoms with E-state index in [0.717, 1.165) is 17.8 Å². The molecule has 0 radical (unpaired) electrons. The van der Waals surface area contributed by atoms with Crippen LogP contribution >= 0.6 is 0 Å². The predicted molar refractivity (Wildman–Crippen MR) is 68.0 cm³/mol. The summed E-state index contributed by atoms with van der Waals surface area (Å²) in [4.78, 5) is 0. The van der Waals surface area contributed by atoms with Crippen molar-refractivity contribution < 1.29 is 0 Å². The second-order valence-corrected chi connectivity index (χ2v) is 6.16. The number of rotatable bonds is 5. The second kappa shape index (κ2) is 4.86. The molecule has 2 atom stereocenters. The molecule has 0 aromatic heterocycles. The normalized spacial score (nSPS) is 36.0. The summed E-state index contributed by atoms with van der Waals surface area (Å²) in [6.07, 6.45) is 2.78. The van der Waals surface area contributed by atoms with Crippen molar-refractivity contribution >= 4 is 0 Å². The van der Waals surface area contributed by atoms with Gasteiger partial charge in [-0.3, -0.25) is 0 Å². The van der Waals surface area contributed by atoms with Crippen molar-refractivity contribution in [1.29, 1.82) is 0 Å². The van der Waals surface area contributed by atoms with Crippen molar-refractivity contribution in [3.05, 3.63) is 0 Å². The third kappa shape index (κ3) is 2.38. The summed E-state index contributed by atoms with van der Waals surface area (Å²) < 4.78 is 0. The molecule has 0 aromatic rings.